The predicted octanol–water partition coefficient (Wildman–Crippen LogP) is 2.50. The molecule has 2 fully saturated rings. The van der Waals surface area contributed by atoms with Crippen molar-refractivity contribution in [1.29, 1.82) is 0 Å². The summed E-state index contributed by atoms with van der Waals surface area (Å²) in [6.07, 6.45) is 6.85. The monoisotopic (exact) mass is 420 g/mol. The fourth-order valence-electron chi connectivity index (χ4n) is 5.34. The molecule has 5 rings (SSSR count). The van der Waals surface area contributed by atoms with Gasteiger partial charge in [-0.3, -0.25) is 19.6 Å². The Kier molecular flexibility index (Phi) is 6.30. The highest BCUT2D eigenvalue weighted by molar-refractivity contribution is 5.83. The number of benzene rings is 1. The van der Waals surface area contributed by atoms with Crippen molar-refractivity contribution < 1.29 is 9.53 Å². The molecule has 0 aliphatic carbocycles. The number of pyridine rings is 1. The molecule has 0 saturated carbocycles. The van der Waals surface area contributed by atoms with Crippen LogP contribution in [0.4, 0.5) is 0 Å². The first-order valence-electron chi connectivity index (χ1n) is 11.6. The van der Waals surface area contributed by atoms with Gasteiger partial charge in [0.05, 0.1) is 13.2 Å². The summed E-state index contributed by atoms with van der Waals surface area (Å²) in [5, 5.41) is 0. The Morgan fingerprint density at radius 1 is 0.968 bits per heavy atom. The smallest absolute Gasteiger partial charge is 0.244 e. The summed E-state index contributed by atoms with van der Waals surface area (Å²) in [4.78, 5) is 24.9. The van der Waals surface area contributed by atoms with E-state index in [1.54, 1.807) is 6.20 Å². The maximum absolute atomic E-state index is 13.6. The Balaban J connectivity index is 1.24. The number of fused-ring (bicyclic) bond motifs is 1. The van der Waals surface area contributed by atoms with Crippen LogP contribution < -0.4 is 0 Å². The molecule has 1 aromatic carbocycles. The fraction of sp³-hybridized carbons (Fsp3) is 0.520. The highest BCUT2D eigenvalue weighted by atomic mass is 16.5. The van der Waals surface area contributed by atoms with Crippen LogP contribution in [0.1, 0.15) is 35.6 Å². The minimum atomic E-state index is -0.254. The number of carbonyl (C=O) groups is 1. The van der Waals surface area contributed by atoms with Crippen molar-refractivity contribution >= 4 is 5.91 Å². The van der Waals surface area contributed by atoms with E-state index in [1.807, 2.05) is 18.3 Å². The van der Waals surface area contributed by atoms with E-state index in [1.165, 1.54) is 11.1 Å². The Morgan fingerprint density at radius 2 is 1.74 bits per heavy atom. The standard InChI is InChI=1S/C25H32N4O2/c30-25(24(21-6-3-10-26-18-21)27-14-16-31-17-15-27)28-12-8-23(9-13-28)29-11-7-20-4-1-2-5-22(20)19-29/h1-6,10,18,23-24H,7-9,11-17,19H2. The Bertz CT molecular complexity index is 876. The normalized spacial score (nSPS) is 22.1. The second kappa shape index (κ2) is 9.47. The zero-order valence-electron chi connectivity index (χ0n) is 18.2. The van der Waals surface area contributed by atoms with Crippen molar-refractivity contribution in [2.24, 2.45) is 0 Å². The number of hydrogen-bond acceptors (Lipinski definition) is 5. The van der Waals surface area contributed by atoms with Crippen LogP contribution in [-0.4, -0.2) is 77.6 Å². The molecule has 0 radical (unpaired) electrons. The predicted molar refractivity (Wildman–Crippen MR) is 120 cm³/mol. The third kappa shape index (κ3) is 4.52. The molecule has 4 heterocycles. The summed E-state index contributed by atoms with van der Waals surface area (Å²) in [5.41, 5.74) is 3.96. The quantitative estimate of drug-likeness (QED) is 0.761. The van der Waals surface area contributed by atoms with Crippen LogP contribution in [0, 0.1) is 0 Å². The summed E-state index contributed by atoms with van der Waals surface area (Å²) < 4.78 is 5.53. The minimum Gasteiger partial charge on any atom is -0.379 e. The highest BCUT2D eigenvalue weighted by Crippen LogP contribution is 2.28. The molecule has 3 aliphatic heterocycles. The maximum atomic E-state index is 13.6. The Hall–Kier alpha value is -2.28. The van der Waals surface area contributed by atoms with Crippen molar-refractivity contribution in [1.82, 2.24) is 19.7 Å². The van der Waals surface area contributed by atoms with E-state index in [4.69, 9.17) is 4.74 Å². The van der Waals surface area contributed by atoms with Gasteiger partial charge in [0.25, 0.3) is 0 Å². The number of nitrogens with zero attached hydrogens (tertiary/aromatic N) is 4. The molecular formula is C25H32N4O2. The van der Waals surface area contributed by atoms with Crippen LogP contribution >= 0.6 is 0 Å². The van der Waals surface area contributed by atoms with E-state index in [9.17, 15) is 4.79 Å². The van der Waals surface area contributed by atoms with Gasteiger partial charge in [-0.2, -0.15) is 0 Å². The average molecular weight is 421 g/mol. The molecule has 2 aromatic rings. The number of rotatable bonds is 4. The lowest BCUT2D eigenvalue weighted by Gasteiger charge is -2.42. The number of aromatic nitrogens is 1. The molecular weight excluding hydrogens is 388 g/mol. The number of piperidine rings is 1. The van der Waals surface area contributed by atoms with Crippen LogP contribution in [0.5, 0.6) is 0 Å². The number of likely N-dealkylation sites (tertiary alicyclic amines) is 1. The lowest BCUT2D eigenvalue weighted by Crippen LogP contribution is -2.52. The Morgan fingerprint density at radius 3 is 2.48 bits per heavy atom. The molecule has 0 spiro atoms. The molecule has 0 N–H and O–H groups in total. The SMILES string of the molecule is O=C(C(c1cccnc1)N1CCOCC1)N1CCC(N2CCc3ccccc3C2)CC1. The molecule has 1 amide bonds. The van der Waals surface area contributed by atoms with E-state index in [2.05, 4.69) is 43.9 Å². The van der Waals surface area contributed by atoms with Crippen LogP contribution in [0.15, 0.2) is 48.8 Å². The van der Waals surface area contributed by atoms with E-state index in [-0.39, 0.29) is 11.9 Å². The van der Waals surface area contributed by atoms with Crippen LogP contribution in [0.2, 0.25) is 0 Å². The fourth-order valence-corrected chi connectivity index (χ4v) is 5.34. The highest BCUT2D eigenvalue weighted by Gasteiger charge is 2.35. The summed E-state index contributed by atoms with van der Waals surface area (Å²) in [6, 6.07) is 13.1. The second-order valence-corrected chi connectivity index (χ2v) is 8.88. The van der Waals surface area contributed by atoms with Crippen molar-refractivity contribution in [3.8, 4) is 0 Å². The van der Waals surface area contributed by atoms with Gasteiger partial charge in [0.1, 0.15) is 6.04 Å². The molecule has 2 saturated heterocycles. The van der Waals surface area contributed by atoms with E-state index in [0.717, 1.165) is 64.1 Å². The van der Waals surface area contributed by atoms with E-state index in [0.29, 0.717) is 19.3 Å². The van der Waals surface area contributed by atoms with Gasteiger partial charge in [-0.25, -0.2) is 0 Å². The van der Waals surface area contributed by atoms with Gasteiger partial charge in [0.15, 0.2) is 0 Å². The van der Waals surface area contributed by atoms with Crippen LogP contribution in [-0.2, 0) is 22.5 Å². The third-order valence-corrected chi connectivity index (χ3v) is 7.10. The molecule has 3 aliphatic rings. The second-order valence-electron chi connectivity index (χ2n) is 8.88. The molecule has 1 unspecified atom stereocenters. The summed E-state index contributed by atoms with van der Waals surface area (Å²) in [7, 11) is 0. The van der Waals surface area contributed by atoms with Gasteiger partial charge in [0, 0.05) is 57.7 Å². The van der Waals surface area contributed by atoms with Crippen molar-refractivity contribution in [2.45, 2.75) is 37.9 Å². The average Bonchev–Trinajstić information content (AvgIpc) is 2.85. The molecule has 1 atom stereocenters. The molecule has 164 valence electrons. The number of amides is 1. The minimum absolute atomic E-state index is 0.220. The molecule has 6 nitrogen and oxygen atoms in total. The number of hydrogen-bond donors (Lipinski definition) is 0. The topological polar surface area (TPSA) is 48.9 Å². The Labute approximate surface area is 184 Å². The van der Waals surface area contributed by atoms with Gasteiger partial charge < -0.3 is 9.64 Å². The van der Waals surface area contributed by atoms with E-state index < -0.39 is 0 Å². The summed E-state index contributed by atoms with van der Waals surface area (Å²) in [5.74, 6) is 0.220. The van der Waals surface area contributed by atoms with Gasteiger partial charge in [0.2, 0.25) is 5.91 Å². The van der Waals surface area contributed by atoms with Gasteiger partial charge in [-0.15, -0.1) is 0 Å². The molecule has 6 heteroatoms. The van der Waals surface area contributed by atoms with Gasteiger partial charge in [-0.05, 0) is 42.0 Å². The summed E-state index contributed by atoms with van der Waals surface area (Å²) >= 11 is 0. The molecule has 1 aromatic heterocycles. The van der Waals surface area contributed by atoms with Gasteiger partial charge >= 0.3 is 0 Å². The molecule has 0 bridgehead atoms. The first kappa shape index (κ1) is 20.6. The van der Waals surface area contributed by atoms with Crippen molar-refractivity contribution in [2.75, 3.05) is 45.9 Å². The number of morpholine rings is 1. The number of ether oxygens (including phenoxy) is 1. The zero-order valence-corrected chi connectivity index (χ0v) is 18.2. The lowest BCUT2D eigenvalue weighted by molar-refractivity contribution is -0.140. The third-order valence-electron chi connectivity index (χ3n) is 7.10. The van der Waals surface area contributed by atoms with Crippen LogP contribution in [0.25, 0.3) is 0 Å². The largest absolute Gasteiger partial charge is 0.379 e. The molecule has 31 heavy (non-hydrogen) atoms. The van der Waals surface area contributed by atoms with Gasteiger partial charge in [-0.1, -0.05) is 30.3 Å². The summed E-state index contributed by atoms with van der Waals surface area (Å²) in [6.45, 7) is 6.78. The lowest BCUT2D eigenvalue weighted by atomic mass is 9.95. The maximum Gasteiger partial charge on any atom is 0.244 e. The van der Waals surface area contributed by atoms with Crippen molar-refractivity contribution in [3.05, 3.63) is 65.5 Å². The first-order chi connectivity index (χ1) is 15.3. The zero-order chi connectivity index (χ0) is 21.0. The van der Waals surface area contributed by atoms with E-state index >= 15 is 0 Å². The number of carbonyl (C=O) groups excluding carboxylic acids is 1. The first-order valence-corrected chi connectivity index (χ1v) is 11.6. The van der Waals surface area contributed by atoms with Crippen molar-refractivity contribution in [3.63, 3.8) is 0 Å². The van der Waals surface area contributed by atoms with Crippen LogP contribution in [0.3, 0.4) is 0 Å².